The zero-order chi connectivity index (χ0) is 45.0. The number of rotatable bonds is 8. The predicted octanol–water partition coefficient (Wildman–Crippen LogP) is 18.0. The van der Waals surface area contributed by atoms with Crippen LogP contribution in [0.25, 0.3) is 99.5 Å². The van der Waals surface area contributed by atoms with Crippen molar-refractivity contribution >= 4 is 32.5 Å². The van der Waals surface area contributed by atoms with Gasteiger partial charge in [-0.05, 0) is 107 Å². The van der Waals surface area contributed by atoms with Gasteiger partial charge in [-0.3, -0.25) is 0 Å². The van der Waals surface area contributed by atoms with Crippen LogP contribution in [-0.4, -0.2) is 0 Å². The maximum absolute atomic E-state index is 6.89. The SMILES string of the molecule is c1ccc(-c2oc3cc(-c4ccc(-c5c6ccccc6c(-c6cccc(-c7ccc8c(c7)OC(c7ccccc7)C8c7ccccc7)c6)c6ccccc56)cc4)ccc3c2-c2ccccc2)cc1. The van der Waals surface area contributed by atoms with Gasteiger partial charge in [0, 0.05) is 22.1 Å². The van der Waals surface area contributed by atoms with Crippen molar-refractivity contribution < 1.29 is 9.15 Å². The smallest absolute Gasteiger partial charge is 0.143 e. The summed E-state index contributed by atoms with van der Waals surface area (Å²) in [5.74, 6) is 1.94. The van der Waals surface area contributed by atoms with Gasteiger partial charge in [0.15, 0.2) is 0 Å². The second-order valence-electron chi connectivity index (χ2n) is 17.8. The lowest BCUT2D eigenvalue weighted by Crippen LogP contribution is -2.11. The lowest BCUT2D eigenvalue weighted by molar-refractivity contribution is 0.222. The van der Waals surface area contributed by atoms with Crippen molar-refractivity contribution in [2.75, 3.05) is 0 Å². The molecule has 0 radical (unpaired) electrons. The van der Waals surface area contributed by atoms with Crippen molar-refractivity contribution in [2.45, 2.75) is 12.0 Å². The van der Waals surface area contributed by atoms with E-state index in [-0.39, 0.29) is 12.0 Å². The molecule has 1 aliphatic rings. The monoisotopic (exact) mass is 868 g/mol. The quantitative estimate of drug-likeness (QED) is 0.142. The van der Waals surface area contributed by atoms with E-state index in [0.717, 1.165) is 61.4 Å². The Morgan fingerprint density at radius 1 is 0.279 bits per heavy atom. The van der Waals surface area contributed by atoms with Gasteiger partial charge in [-0.25, -0.2) is 0 Å². The maximum Gasteiger partial charge on any atom is 0.143 e. The van der Waals surface area contributed by atoms with Crippen LogP contribution in [-0.2, 0) is 0 Å². The van der Waals surface area contributed by atoms with Gasteiger partial charge >= 0.3 is 0 Å². The first-order valence-corrected chi connectivity index (χ1v) is 23.5. The van der Waals surface area contributed by atoms with E-state index in [1.165, 1.54) is 60.5 Å². The van der Waals surface area contributed by atoms with Crippen LogP contribution in [0.4, 0.5) is 0 Å². The fourth-order valence-corrected chi connectivity index (χ4v) is 10.8. The Bertz CT molecular complexity index is 3740. The molecule has 12 aromatic rings. The van der Waals surface area contributed by atoms with Crippen LogP contribution >= 0.6 is 0 Å². The summed E-state index contributed by atoms with van der Waals surface area (Å²) in [7, 11) is 0. The zero-order valence-corrected chi connectivity index (χ0v) is 37.2. The van der Waals surface area contributed by atoms with Crippen LogP contribution in [0.5, 0.6) is 5.75 Å². The highest BCUT2D eigenvalue weighted by Crippen LogP contribution is 2.51. The van der Waals surface area contributed by atoms with Gasteiger partial charge in [0.05, 0.1) is 5.92 Å². The van der Waals surface area contributed by atoms with Gasteiger partial charge in [-0.1, -0.05) is 231 Å². The Morgan fingerprint density at radius 3 is 1.38 bits per heavy atom. The van der Waals surface area contributed by atoms with Crippen LogP contribution in [0.2, 0.25) is 0 Å². The second kappa shape index (κ2) is 16.6. The molecule has 0 bridgehead atoms. The lowest BCUT2D eigenvalue weighted by atomic mass is 9.84. The summed E-state index contributed by atoms with van der Waals surface area (Å²) in [5.41, 5.74) is 17.2. The third-order valence-corrected chi connectivity index (χ3v) is 13.9. The summed E-state index contributed by atoms with van der Waals surface area (Å²) >= 11 is 0. The standard InChI is InChI=1S/C66H44O2/c1-5-18-44(19-6-1)63-57-38-36-50(41-59(57)67-65(63)47-22-9-3-10-23-47)43-32-34-46(35-33-43)61-53-28-13-15-30-55(53)62(56-31-16-14-29-54(56)61)52-27-17-26-49(40-52)51-37-39-58-60(42-51)68-66(48-24-11-4-12-25-48)64(58)45-20-7-2-8-21-45/h1-42,64,66H. The van der Waals surface area contributed by atoms with E-state index in [2.05, 4.69) is 249 Å². The first-order chi connectivity index (χ1) is 33.7. The molecule has 2 heterocycles. The first kappa shape index (κ1) is 39.6. The normalized spacial score (nSPS) is 14.3. The van der Waals surface area contributed by atoms with E-state index in [1.54, 1.807) is 0 Å². The van der Waals surface area contributed by atoms with Gasteiger partial charge in [0.1, 0.15) is 23.2 Å². The maximum atomic E-state index is 6.89. The second-order valence-corrected chi connectivity index (χ2v) is 17.8. The Kier molecular flexibility index (Phi) is 9.68. The van der Waals surface area contributed by atoms with Crippen LogP contribution in [0, 0.1) is 0 Å². The molecule has 1 aliphatic heterocycles. The molecule has 320 valence electrons. The van der Waals surface area contributed by atoms with Crippen molar-refractivity contribution in [3.05, 3.63) is 271 Å². The predicted molar refractivity (Wildman–Crippen MR) is 282 cm³/mol. The van der Waals surface area contributed by atoms with Gasteiger partial charge < -0.3 is 9.15 Å². The van der Waals surface area contributed by atoms with Gasteiger partial charge in [-0.15, -0.1) is 0 Å². The number of hydrogen-bond donors (Lipinski definition) is 0. The Hall–Kier alpha value is -8.72. The third-order valence-electron chi connectivity index (χ3n) is 13.9. The van der Waals surface area contributed by atoms with E-state index in [9.17, 15) is 0 Å². The number of ether oxygens (including phenoxy) is 1. The van der Waals surface area contributed by atoms with E-state index in [1.807, 2.05) is 6.07 Å². The first-order valence-electron chi connectivity index (χ1n) is 23.5. The van der Waals surface area contributed by atoms with E-state index in [0.29, 0.717) is 0 Å². The number of furan rings is 1. The van der Waals surface area contributed by atoms with Crippen molar-refractivity contribution in [1.82, 2.24) is 0 Å². The van der Waals surface area contributed by atoms with Crippen LogP contribution in [0.15, 0.2) is 259 Å². The number of benzene rings is 11. The van der Waals surface area contributed by atoms with Gasteiger partial charge in [0.25, 0.3) is 0 Å². The van der Waals surface area contributed by atoms with Crippen molar-refractivity contribution in [3.63, 3.8) is 0 Å². The molecule has 68 heavy (non-hydrogen) atoms. The molecule has 0 saturated carbocycles. The van der Waals surface area contributed by atoms with Crippen LogP contribution in [0.3, 0.4) is 0 Å². The summed E-state index contributed by atoms with van der Waals surface area (Å²) < 4.78 is 13.6. The minimum Gasteiger partial charge on any atom is -0.484 e. The molecule has 2 heteroatoms. The van der Waals surface area contributed by atoms with E-state index < -0.39 is 0 Å². The van der Waals surface area contributed by atoms with Crippen LogP contribution in [0.1, 0.15) is 28.7 Å². The summed E-state index contributed by atoms with van der Waals surface area (Å²) in [6, 6.07) is 91.6. The third kappa shape index (κ3) is 6.81. The minimum atomic E-state index is -0.101. The van der Waals surface area contributed by atoms with Gasteiger partial charge in [0.2, 0.25) is 0 Å². The molecule has 13 rings (SSSR count). The minimum absolute atomic E-state index is 0.101. The Labute approximate surface area is 396 Å². The summed E-state index contributed by atoms with van der Waals surface area (Å²) in [4.78, 5) is 0. The zero-order valence-electron chi connectivity index (χ0n) is 37.2. The molecule has 0 saturated heterocycles. The molecule has 2 unspecified atom stereocenters. The molecule has 1 aromatic heterocycles. The Balaban J connectivity index is 0.873. The highest BCUT2D eigenvalue weighted by molar-refractivity contribution is 6.21. The fourth-order valence-electron chi connectivity index (χ4n) is 10.8. The van der Waals surface area contributed by atoms with Crippen molar-refractivity contribution in [1.29, 1.82) is 0 Å². The lowest BCUT2D eigenvalue weighted by Gasteiger charge is -2.20. The molecule has 0 N–H and O–H groups in total. The van der Waals surface area contributed by atoms with E-state index >= 15 is 0 Å². The van der Waals surface area contributed by atoms with Crippen molar-refractivity contribution in [3.8, 4) is 72.7 Å². The fraction of sp³-hybridized carbons (Fsp3) is 0.0303. The number of fused-ring (bicyclic) bond motifs is 4. The molecule has 0 fully saturated rings. The molecule has 0 spiro atoms. The highest BCUT2D eigenvalue weighted by Gasteiger charge is 2.37. The molecule has 0 amide bonds. The summed E-state index contributed by atoms with van der Waals surface area (Å²) in [5, 5.41) is 6.01. The number of hydrogen-bond acceptors (Lipinski definition) is 2. The van der Waals surface area contributed by atoms with E-state index in [4.69, 9.17) is 9.15 Å². The van der Waals surface area contributed by atoms with Crippen LogP contribution < -0.4 is 4.74 Å². The average Bonchev–Trinajstić information content (AvgIpc) is 4.00. The Morgan fingerprint density at radius 2 is 0.735 bits per heavy atom. The molecule has 2 atom stereocenters. The highest BCUT2D eigenvalue weighted by atomic mass is 16.5. The molecule has 0 aliphatic carbocycles. The molecule has 2 nitrogen and oxygen atoms in total. The topological polar surface area (TPSA) is 22.4 Å². The molecule has 11 aromatic carbocycles. The van der Waals surface area contributed by atoms with Crippen molar-refractivity contribution in [2.24, 2.45) is 0 Å². The summed E-state index contributed by atoms with van der Waals surface area (Å²) in [6.07, 6.45) is -0.101. The van der Waals surface area contributed by atoms with Gasteiger partial charge in [-0.2, -0.15) is 0 Å². The molecular weight excluding hydrogens is 825 g/mol. The largest absolute Gasteiger partial charge is 0.484 e. The molecular formula is C66H44O2. The average molecular weight is 869 g/mol. The summed E-state index contributed by atoms with van der Waals surface area (Å²) in [6.45, 7) is 0.